The monoisotopic (exact) mass is 592 g/mol. The molecule has 9 nitrogen and oxygen atoms in total. The van der Waals surface area contributed by atoms with Crippen LogP contribution in [0.5, 0.6) is 0 Å². The number of aromatic amines is 1. The normalized spacial score (nSPS) is 12.8. The number of carbonyl (C=O) groups is 1. The molecule has 0 radical (unpaired) electrons. The summed E-state index contributed by atoms with van der Waals surface area (Å²) in [5, 5.41) is 9.71. The van der Waals surface area contributed by atoms with Crippen LogP contribution in [0.4, 0.5) is 23.1 Å². The lowest BCUT2D eigenvalue weighted by molar-refractivity contribution is 0.102. The number of H-pyrrole nitrogens is 1. The fourth-order valence-corrected chi connectivity index (χ4v) is 5.03. The lowest BCUT2D eigenvalue weighted by Crippen LogP contribution is -2.44. The van der Waals surface area contributed by atoms with E-state index >= 15 is 0 Å². The van der Waals surface area contributed by atoms with Gasteiger partial charge in [-0.1, -0.05) is 6.07 Å². The van der Waals surface area contributed by atoms with E-state index in [1.54, 1.807) is 17.5 Å². The second kappa shape index (κ2) is 12.6. The average molecular weight is 594 g/mol. The number of piperazine rings is 1. The molecule has 200 valence electrons. The first kappa shape index (κ1) is 29.4. The van der Waals surface area contributed by atoms with Crippen molar-refractivity contribution in [3.05, 3.63) is 65.3 Å². The maximum atomic E-state index is 13.5. The van der Waals surface area contributed by atoms with E-state index in [0.29, 0.717) is 11.5 Å². The highest BCUT2D eigenvalue weighted by Gasteiger charge is 2.21. The minimum Gasteiger partial charge on any atom is -0.368 e. The van der Waals surface area contributed by atoms with Crippen LogP contribution in [0.15, 0.2) is 54.2 Å². The zero-order chi connectivity index (χ0) is 23.8. The summed E-state index contributed by atoms with van der Waals surface area (Å²) in [7, 11) is 0. The second-order valence-corrected chi connectivity index (χ2v) is 9.38. The van der Waals surface area contributed by atoms with Crippen molar-refractivity contribution < 1.29 is 4.79 Å². The van der Waals surface area contributed by atoms with Crippen molar-refractivity contribution in [1.82, 2.24) is 25.3 Å². The smallest absolute Gasteiger partial charge is 0.257 e. The summed E-state index contributed by atoms with van der Waals surface area (Å²) >= 11 is 1.55. The second-order valence-electron chi connectivity index (χ2n) is 8.49. The number of imidazole rings is 1. The van der Waals surface area contributed by atoms with Crippen LogP contribution in [0.1, 0.15) is 15.9 Å². The fraction of sp³-hybridized carbons (Fsp3) is 0.200. The summed E-state index contributed by atoms with van der Waals surface area (Å²) in [5.74, 6) is 1.17. The predicted octanol–water partition coefficient (Wildman–Crippen LogP) is 5.55. The number of aryl methyl sites for hydroxylation is 1. The van der Waals surface area contributed by atoms with Crippen molar-refractivity contribution in [2.45, 2.75) is 6.92 Å². The van der Waals surface area contributed by atoms with E-state index in [9.17, 15) is 4.79 Å². The number of nitrogens with zero attached hydrogens (tertiary/aromatic N) is 4. The third kappa shape index (κ3) is 5.95. The molecule has 38 heavy (non-hydrogen) atoms. The molecular weight excluding hydrogens is 567 g/mol. The first-order chi connectivity index (χ1) is 17.1. The summed E-state index contributed by atoms with van der Waals surface area (Å²) in [6.07, 6.45) is 1.74. The van der Waals surface area contributed by atoms with E-state index in [0.717, 1.165) is 70.2 Å². The van der Waals surface area contributed by atoms with Gasteiger partial charge in [-0.2, -0.15) is 0 Å². The van der Waals surface area contributed by atoms with Gasteiger partial charge in [-0.3, -0.25) is 4.79 Å². The van der Waals surface area contributed by atoms with E-state index in [1.165, 1.54) is 0 Å². The molecule has 0 spiro atoms. The van der Waals surface area contributed by atoms with Crippen molar-refractivity contribution in [3.63, 3.8) is 0 Å². The Hall–Kier alpha value is -3.15. The number of thiazole rings is 1. The van der Waals surface area contributed by atoms with E-state index in [4.69, 9.17) is 4.98 Å². The van der Waals surface area contributed by atoms with Gasteiger partial charge in [-0.25, -0.2) is 15.0 Å². The largest absolute Gasteiger partial charge is 0.368 e. The van der Waals surface area contributed by atoms with Crippen LogP contribution in [-0.2, 0) is 0 Å². The highest BCUT2D eigenvalue weighted by molar-refractivity contribution is 7.16. The van der Waals surface area contributed by atoms with E-state index < -0.39 is 0 Å². The van der Waals surface area contributed by atoms with Gasteiger partial charge in [0.1, 0.15) is 5.82 Å². The zero-order valence-corrected chi connectivity index (χ0v) is 23.6. The Bertz CT molecular complexity index is 1550. The van der Waals surface area contributed by atoms with Crippen LogP contribution in [-0.4, -0.2) is 52.0 Å². The molecule has 3 aromatic heterocycles. The molecule has 1 aliphatic heterocycles. The van der Waals surface area contributed by atoms with Crippen LogP contribution >= 0.6 is 48.6 Å². The average Bonchev–Trinajstić information content (AvgIpc) is 3.51. The molecule has 1 amide bonds. The molecule has 5 aromatic rings. The minimum atomic E-state index is -0.158. The molecule has 1 saturated heterocycles. The topological polar surface area (TPSA) is 111 Å². The number of amides is 1. The van der Waals surface area contributed by atoms with Crippen LogP contribution in [0.25, 0.3) is 21.3 Å². The maximum Gasteiger partial charge on any atom is 0.257 e. The number of fused-ring (bicyclic) bond motifs is 2. The van der Waals surface area contributed by atoms with Gasteiger partial charge in [-0.15, -0.1) is 48.6 Å². The van der Waals surface area contributed by atoms with Gasteiger partial charge in [0.05, 0.1) is 38.0 Å². The molecule has 0 unspecified atom stereocenters. The first-order valence-corrected chi connectivity index (χ1v) is 12.3. The van der Waals surface area contributed by atoms with Crippen LogP contribution in [0.2, 0.25) is 0 Å². The molecule has 2 aromatic carbocycles. The molecule has 0 atom stereocenters. The first-order valence-electron chi connectivity index (χ1n) is 11.5. The molecular formula is C25H27Cl3N8OS. The van der Waals surface area contributed by atoms with Gasteiger partial charge in [0.25, 0.3) is 5.91 Å². The minimum absolute atomic E-state index is 0. The number of hydrogen-bond acceptors (Lipinski definition) is 8. The van der Waals surface area contributed by atoms with Crippen molar-refractivity contribution in [2.24, 2.45) is 0 Å². The lowest BCUT2D eigenvalue weighted by atomic mass is 10.1. The fourth-order valence-electron chi connectivity index (χ4n) is 4.31. The van der Waals surface area contributed by atoms with Crippen LogP contribution < -0.4 is 20.9 Å². The van der Waals surface area contributed by atoms with Crippen LogP contribution in [0, 0.1) is 6.92 Å². The SMILES string of the molecule is Cc1cccnc1Nc1nc2cc(N3CCNCC3)c(C(=O)Nc3ccc4ncsc4c3)cc2[nH]1.Cl.Cl.Cl. The van der Waals surface area contributed by atoms with Gasteiger partial charge < -0.3 is 25.8 Å². The van der Waals surface area contributed by atoms with Crippen molar-refractivity contribution in [3.8, 4) is 0 Å². The number of benzene rings is 2. The molecule has 1 fully saturated rings. The molecule has 6 rings (SSSR count). The quantitative estimate of drug-likeness (QED) is 0.212. The third-order valence-electron chi connectivity index (χ3n) is 6.14. The van der Waals surface area contributed by atoms with Crippen molar-refractivity contribution in [1.29, 1.82) is 0 Å². The molecule has 0 bridgehead atoms. The summed E-state index contributed by atoms with van der Waals surface area (Å²) in [6, 6.07) is 13.5. The number of hydrogen-bond donors (Lipinski definition) is 4. The van der Waals surface area contributed by atoms with E-state index in [1.807, 2.05) is 54.9 Å². The van der Waals surface area contributed by atoms with Crippen LogP contribution in [0.3, 0.4) is 0 Å². The van der Waals surface area contributed by atoms with Gasteiger partial charge in [0.2, 0.25) is 5.95 Å². The molecule has 0 aliphatic carbocycles. The number of halogens is 3. The highest BCUT2D eigenvalue weighted by Crippen LogP contribution is 2.30. The highest BCUT2D eigenvalue weighted by atomic mass is 35.5. The molecule has 4 heterocycles. The van der Waals surface area contributed by atoms with Crippen molar-refractivity contribution >= 4 is 98.9 Å². The number of nitrogens with one attached hydrogen (secondary N) is 4. The Morgan fingerprint density at radius 1 is 1.03 bits per heavy atom. The number of pyridine rings is 1. The summed E-state index contributed by atoms with van der Waals surface area (Å²) in [6.45, 7) is 5.37. The number of rotatable bonds is 5. The third-order valence-corrected chi connectivity index (χ3v) is 6.93. The Morgan fingerprint density at radius 2 is 1.84 bits per heavy atom. The van der Waals surface area contributed by atoms with Gasteiger partial charge in [0.15, 0.2) is 0 Å². The Labute approximate surface area is 242 Å². The lowest BCUT2D eigenvalue weighted by Gasteiger charge is -2.30. The predicted molar refractivity (Wildman–Crippen MR) is 163 cm³/mol. The standard InChI is InChI=1S/C25H24N8OS.3ClH/c1-15-3-2-6-27-23(15)32-25-30-19-12-17(21(13-20(19)31-25)33-9-7-26-8-10-33)24(34)29-16-4-5-18-22(11-16)35-14-28-18;;;/h2-6,11-14,26H,7-10H2,1H3,(H,29,34)(H2,27,30,31,32);3*1H. The van der Waals surface area contributed by atoms with Gasteiger partial charge in [-0.05, 0) is 48.9 Å². The van der Waals surface area contributed by atoms with Crippen molar-refractivity contribution in [2.75, 3.05) is 41.7 Å². The number of aromatic nitrogens is 4. The molecule has 0 saturated carbocycles. The number of anilines is 4. The van der Waals surface area contributed by atoms with Gasteiger partial charge >= 0.3 is 0 Å². The van der Waals surface area contributed by atoms with E-state index in [-0.39, 0.29) is 43.1 Å². The Balaban J connectivity index is 0.00000133. The molecule has 1 aliphatic rings. The van der Waals surface area contributed by atoms with E-state index in [2.05, 4.69) is 35.8 Å². The Morgan fingerprint density at radius 3 is 2.63 bits per heavy atom. The summed E-state index contributed by atoms with van der Waals surface area (Å²) < 4.78 is 1.04. The zero-order valence-electron chi connectivity index (χ0n) is 20.4. The molecule has 13 heteroatoms. The summed E-state index contributed by atoms with van der Waals surface area (Å²) in [5.41, 5.74) is 7.55. The maximum absolute atomic E-state index is 13.5. The number of carbonyl (C=O) groups excluding carboxylic acids is 1. The van der Waals surface area contributed by atoms with Gasteiger partial charge in [0, 0.05) is 38.1 Å². The molecule has 4 N–H and O–H groups in total. The Kier molecular flexibility index (Phi) is 9.75. The summed E-state index contributed by atoms with van der Waals surface area (Å²) in [4.78, 5) is 32.5.